The molecule has 0 bridgehead atoms. The number of benzene rings is 1. The number of aliphatic hydroxyl groups is 1. The van der Waals surface area contributed by atoms with Crippen LogP contribution in [0.3, 0.4) is 0 Å². The quantitative estimate of drug-likeness (QED) is 0.686. The minimum Gasteiger partial charge on any atom is -0.387 e. The van der Waals surface area contributed by atoms with Crippen LogP contribution < -0.4 is 11.1 Å². The molecule has 4 nitrogen and oxygen atoms in total. The van der Waals surface area contributed by atoms with Crippen LogP contribution in [0.4, 0.5) is 0 Å². The molecule has 1 rings (SSSR count). The largest absolute Gasteiger partial charge is 0.387 e. The lowest BCUT2D eigenvalue weighted by Gasteiger charge is -2.12. The molecule has 0 saturated carbocycles. The standard InChI is InChI=1S/C13H20N2O2/c1-10-4-6-11(7-5-10)12(16)9-15-13(17)3-2-8-14/h4-7,12,16H,2-3,8-9,14H2,1H3,(H,15,17). The van der Waals surface area contributed by atoms with Crippen molar-refractivity contribution < 1.29 is 9.90 Å². The van der Waals surface area contributed by atoms with Gasteiger partial charge in [-0.15, -0.1) is 0 Å². The fourth-order valence-corrected chi connectivity index (χ4v) is 1.47. The van der Waals surface area contributed by atoms with Crippen molar-refractivity contribution in [3.63, 3.8) is 0 Å². The highest BCUT2D eigenvalue weighted by Gasteiger charge is 2.08. The summed E-state index contributed by atoms with van der Waals surface area (Å²) in [6.07, 6.45) is 0.432. The molecule has 0 saturated heterocycles. The number of rotatable bonds is 6. The Labute approximate surface area is 102 Å². The number of hydrogen-bond acceptors (Lipinski definition) is 3. The Morgan fingerprint density at radius 1 is 1.41 bits per heavy atom. The molecule has 0 aliphatic heterocycles. The van der Waals surface area contributed by atoms with Gasteiger partial charge in [-0.25, -0.2) is 0 Å². The molecule has 0 heterocycles. The molecule has 1 aromatic rings. The molecule has 0 fully saturated rings. The SMILES string of the molecule is Cc1ccc(C(O)CNC(=O)CCCN)cc1. The Kier molecular flexibility index (Phi) is 5.66. The van der Waals surface area contributed by atoms with Gasteiger partial charge in [-0.05, 0) is 25.5 Å². The Hall–Kier alpha value is -1.39. The minimum absolute atomic E-state index is 0.0680. The molecule has 1 aromatic carbocycles. The fraction of sp³-hybridized carbons (Fsp3) is 0.462. The summed E-state index contributed by atoms with van der Waals surface area (Å²) in [4.78, 5) is 11.3. The molecule has 4 heteroatoms. The van der Waals surface area contributed by atoms with E-state index in [0.717, 1.165) is 11.1 Å². The van der Waals surface area contributed by atoms with E-state index in [2.05, 4.69) is 5.32 Å². The molecule has 94 valence electrons. The second kappa shape index (κ2) is 7.04. The lowest BCUT2D eigenvalue weighted by molar-refractivity contribution is -0.121. The van der Waals surface area contributed by atoms with Crippen LogP contribution in [0.5, 0.6) is 0 Å². The normalized spacial score (nSPS) is 12.2. The molecular weight excluding hydrogens is 216 g/mol. The van der Waals surface area contributed by atoms with Gasteiger partial charge in [-0.3, -0.25) is 4.79 Å². The monoisotopic (exact) mass is 236 g/mol. The van der Waals surface area contributed by atoms with E-state index >= 15 is 0 Å². The number of carbonyl (C=O) groups excluding carboxylic acids is 1. The minimum atomic E-state index is -0.655. The number of amides is 1. The summed E-state index contributed by atoms with van der Waals surface area (Å²) < 4.78 is 0. The molecular formula is C13H20N2O2. The lowest BCUT2D eigenvalue weighted by atomic mass is 10.1. The zero-order valence-electron chi connectivity index (χ0n) is 10.1. The van der Waals surface area contributed by atoms with Crippen LogP contribution >= 0.6 is 0 Å². The van der Waals surface area contributed by atoms with Gasteiger partial charge in [0, 0.05) is 13.0 Å². The van der Waals surface area contributed by atoms with E-state index in [1.54, 1.807) is 0 Å². The Bertz CT molecular complexity index is 349. The average molecular weight is 236 g/mol. The second-order valence-corrected chi connectivity index (χ2v) is 4.12. The van der Waals surface area contributed by atoms with E-state index in [4.69, 9.17) is 5.73 Å². The van der Waals surface area contributed by atoms with Crippen molar-refractivity contribution >= 4 is 5.91 Å². The molecule has 1 atom stereocenters. The van der Waals surface area contributed by atoms with Gasteiger partial charge in [-0.2, -0.15) is 0 Å². The predicted molar refractivity (Wildman–Crippen MR) is 67.4 cm³/mol. The molecule has 0 radical (unpaired) electrons. The van der Waals surface area contributed by atoms with E-state index in [-0.39, 0.29) is 12.5 Å². The van der Waals surface area contributed by atoms with Crippen LogP contribution in [0, 0.1) is 6.92 Å². The van der Waals surface area contributed by atoms with Gasteiger partial charge in [0.1, 0.15) is 0 Å². The summed E-state index contributed by atoms with van der Waals surface area (Å²) >= 11 is 0. The maximum absolute atomic E-state index is 11.3. The topological polar surface area (TPSA) is 75.3 Å². The third-order valence-corrected chi connectivity index (χ3v) is 2.56. The van der Waals surface area contributed by atoms with E-state index in [1.165, 1.54) is 0 Å². The highest BCUT2D eigenvalue weighted by molar-refractivity contribution is 5.75. The zero-order valence-corrected chi connectivity index (χ0v) is 10.1. The van der Waals surface area contributed by atoms with Crippen molar-refractivity contribution in [2.75, 3.05) is 13.1 Å². The van der Waals surface area contributed by atoms with Crippen LogP contribution in [-0.4, -0.2) is 24.1 Å². The van der Waals surface area contributed by atoms with Crippen LogP contribution in [0.25, 0.3) is 0 Å². The van der Waals surface area contributed by atoms with Crippen LogP contribution in [0.2, 0.25) is 0 Å². The van der Waals surface area contributed by atoms with Crippen LogP contribution in [-0.2, 0) is 4.79 Å². The Balaban J connectivity index is 2.36. The highest BCUT2D eigenvalue weighted by Crippen LogP contribution is 2.12. The number of carbonyl (C=O) groups is 1. The van der Waals surface area contributed by atoms with E-state index < -0.39 is 6.10 Å². The van der Waals surface area contributed by atoms with Gasteiger partial charge in [-0.1, -0.05) is 29.8 Å². The van der Waals surface area contributed by atoms with Crippen molar-refractivity contribution in [3.8, 4) is 0 Å². The van der Waals surface area contributed by atoms with E-state index in [9.17, 15) is 9.90 Å². The number of aryl methyl sites for hydroxylation is 1. The van der Waals surface area contributed by atoms with Gasteiger partial charge in [0.25, 0.3) is 0 Å². The number of hydrogen-bond donors (Lipinski definition) is 3. The van der Waals surface area contributed by atoms with Crippen LogP contribution in [0.1, 0.15) is 30.1 Å². The first-order valence-corrected chi connectivity index (χ1v) is 5.85. The Morgan fingerprint density at radius 3 is 2.65 bits per heavy atom. The number of aliphatic hydroxyl groups excluding tert-OH is 1. The summed E-state index contributed by atoms with van der Waals surface area (Å²) in [5.74, 6) is -0.0680. The predicted octanol–water partition coefficient (Wildman–Crippen LogP) is 0.884. The maximum Gasteiger partial charge on any atom is 0.220 e. The number of nitrogens with one attached hydrogen (secondary N) is 1. The van der Waals surface area contributed by atoms with Gasteiger partial charge < -0.3 is 16.2 Å². The summed E-state index contributed by atoms with van der Waals surface area (Å²) in [6, 6.07) is 7.61. The van der Waals surface area contributed by atoms with E-state index in [0.29, 0.717) is 19.4 Å². The van der Waals surface area contributed by atoms with Crippen molar-refractivity contribution in [3.05, 3.63) is 35.4 Å². The number of nitrogens with two attached hydrogens (primary N) is 1. The first-order chi connectivity index (χ1) is 8.13. The highest BCUT2D eigenvalue weighted by atomic mass is 16.3. The second-order valence-electron chi connectivity index (χ2n) is 4.12. The summed E-state index contributed by atoms with van der Waals surface area (Å²) in [6.45, 7) is 2.74. The summed E-state index contributed by atoms with van der Waals surface area (Å²) in [5.41, 5.74) is 7.27. The maximum atomic E-state index is 11.3. The molecule has 0 aliphatic rings. The molecule has 17 heavy (non-hydrogen) atoms. The lowest BCUT2D eigenvalue weighted by Crippen LogP contribution is -2.28. The Morgan fingerprint density at radius 2 is 2.06 bits per heavy atom. The molecule has 1 amide bonds. The van der Waals surface area contributed by atoms with Gasteiger partial charge in [0.05, 0.1) is 6.10 Å². The van der Waals surface area contributed by atoms with Crippen molar-refractivity contribution in [1.82, 2.24) is 5.32 Å². The van der Waals surface area contributed by atoms with Gasteiger partial charge >= 0.3 is 0 Å². The van der Waals surface area contributed by atoms with Crippen molar-refractivity contribution in [1.29, 1.82) is 0 Å². The molecule has 0 aliphatic carbocycles. The summed E-state index contributed by atoms with van der Waals surface area (Å²) in [7, 11) is 0. The first kappa shape index (κ1) is 13.7. The molecule has 0 aromatic heterocycles. The fourth-order valence-electron chi connectivity index (χ4n) is 1.47. The third kappa shape index (κ3) is 4.97. The summed E-state index contributed by atoms with van der Waals surface area (Å²) in [5, 5.41) is 12.5. The van der Waals surface area contributed by atoms with Crippen LogP contribution in [0.15, 0.2) is 24.3 Å². The van der Waals surface area contributed by atoms with Crippen molar-refractivity contribution in [2.45, 2.75) is 25.9 Å². The average Bonchev–Trinajstić information content (AvgIpc) is 2.34. The molecule has 0 spiro atoms. The first-order valence-electron chi connectivity index (χ1n) is 5.85. The van der Waals surface area contributed by atoms with Crippen molar-refractivity contribution in [2.24, 2.45) is 5.73 Å². The third-order valence-electron chi connectivity index (χ3n) is 2.56. The zero-order chi connectivity index (χ0) is 12.7. The smallest absolute Gasteiger partial charge is 0.220 e. The molecule has 1 unspecified atom stereocenters. The molecule has 4 N–H and O–H groups in total. The van der Waals surface area contributed by atoms with Gasteiger partial charge in [0.15, 0.2) is 0 Å². The van der Waals surface area contributed by atoms with E-state index in [1.807, 2.05) is 31.2 Å². The van der Waals surface area contributed by atoms with Gasteiger partial charge in [0.2, 0.25) is 5.91 Å².